The molecule has 0 aliphatic carbocycles. The molecule has 2 rings (SSSR count). The highest BCUT2D eigenvalue weighted by Gasteiger charge is 2.01. The Labute approximate surface area is 65.2 Å². The normalized spacial score (nSPS) is 13.2. The van der Waals surface area contributed by atoms with Gasteiger partial charge in [0, 0.05) is 18.8 Å². The Hall–Kier alpha value is -1.53. The lowest BCUT2D eigenvalue weighted by Crippen LogP contribution is -1.82. The van der Waals surface area contributed by atoms with Crippen LogP contribution in [0.4, 0.5) is 5.82 Å². The number of rotatable bonds is 0. The lowest BCUT2D eigenvalue weighted by molar-refractivity contribution is 0.926. The highest BCUT2D eigenvalue weighted by Crippen LogP contribution is 2.21. The van der Waals surface area contributed by atoms with Crippen molar-refractivity contribution in [1.29, 1.82) is 0 Å². The highest BCUT2D eigenvalue weighted by atomic mass is 15.0. The van der Waals surface area contributed by atoms with Crippen LogP contribution in [0.15, 0.2) is 29.4 Å². The maximum absolute atomic E-state index is 4.14. The van der Waals surface area contributed by atoms with E-state index in [1.165, 1.54) is 0 Å². The van der Waals surface area contributed by atoms with E-state index in [0.29, 0.717) is 0 Å². The van der Waals surface area contributed by atoms with Crippen molar-refractivity contribution in [1.82, 2.24) is 4.57 Å². The first-order valence-electron chi connectivity index (χ1n) is 3.49. The third kappa shape index (κ3) is 0.935. The van der Waals surface area contributed by atoms with E-state index in [1.54, 1.807) is 6.08 Å². The lowest BCUT2D eigenvalue weighted by atomic mass is 10.3. The third-order valence-corrected chi connectivity index (χ3v) is 1.69. The maximum atomic E-state index is 4.14. The second-order valence-electron chi connectivity index (χ2n) is 2.47. The Balaban J connectivity index is 2.71. The molecule has 2 nitrogen and oxygen atoms in total. The molecule has 11 heavy (non-hydrogen) atoms. The average molecular weight is 144 g/mol. The van der Waals surface area contributed by atoms with E-state index in [0.717, 1.165) is 11.4 Å². The third-order valence-electron chi connectivity index (χ3n) is 1.69. The first kappa shape index (κ1) is 6.20. The zero-order valence-corrected chi connectivity index (χ0v) is 6.28. The van der Waals surface area contributed by atoms with Crippen LogP contribution >= 0.6 is 0 Å². The first-order valence-corrected chi connectivity index (χ1v) is 3.49. The van der Waals surface area contributed by atoms with Gasteiger partial charge >= 0.3 is 0 Å². The van der Waals surface area contributed by atoms with E-state index < -0.39 is 0 Å². The van der Waals surface area contributed by atoms with E-state index >= 15 is 0 Å². The van der Waals surface area contributed by atoms with Gasteiger partial charge < -0.3 is 4.57 Å². The minimum Gasteiger partial charge on any atom is -0.335 e. The van der Waals surface area contributed by atoms with Gasteiger partial charge in [0.25, 0.3) is 0 Å². The van der Waals surface area contributed by atoms with Crippen molar-refractivity contribution in [3.05, 3.63) is 30.0 Å². The smallest absolute Gasteiger partial charge is 0.149 e. The van der Waals surface area contributed by atoms with Gasteiger partial charge in [0.1, 0.15) is 5.82 Å². The molecule has 0 spiro atoms. The number of allylic oxidation sites excluding steroid dienone is 2. The molecule has 0 unspecified atom stereocenters. The number of hydrogen-bond acceptors (Lipinski definition) is 1. The second kappa shape index (κ2) is 2.26. The van der Waals surface area contributed by atoms with E-state index in [2.05, 4.69) is 10.9 Å². The summed E-state index contributed by atoms with van der Waals surface area (Å²) in [5.74, 6) is 3.79. The molecule has 1 aliphatic rings. The number of aromatic nitrogens is 1. The summed E-state index contributed by atoms with van der Waals surface area (Å²) >= 11 is 0. The lowest BCUT2D eigenvalue weighted by Gasteiger charge is -1.93. The van der Waals surface area contributed by atoms with Gasteiger partial charge in [0.2, 0.25) is 0 Å². The molecule has 54 valence electrons. The summed E-state index contributed by atoms with van der Waals surface area (Å²) in [6, 6.07) is 2.04. The van der Waals surface area contributed by atoms with Crippen LogP contribution in [-0.4, -0.2) is 10.4 Å². The van der Waals surface area contributed by atoms with E-state index in [4.69, 9.17) is 0 Å². The van der Waals surface area contributed by atoms with Gasteiger partial charge in [-0.05, 0) is 18.0 Å². The molecule has 1 aliphatic heterocycles. The Kier molecular flexibility index (Phi) is 1.27. The zero-order valence-electron chi connectivity index (χ0n) is 6.28. The Morgan fingerprint density at radius 2 is 2.45 bits per heavy atom. The van der Waals surface area contributed by atoms with E-state index in [1.807, 2.05) is 36.0 Å². The highest BCUT2D eigenvalue weighted by molar-refractivity contribution is 5.72. The molecule has 0 saturated heterocycles. The molecule has 0 atom stereocenters. The fourth-order valence-electron chi connectivity index (χ4n) is 1.11. The van der Waals surface area contributed by atoms with E-state index in [-0.39, 0.29) is 0 Å². The van der Waals surface area contributed by atoms with Crippen LogP contribution in [-0.2, 0) is 7.05 Å². The molecular weight excluding hydrogens is 136 g/mol. The van der Waals surface area contributed by atoms with Gasteiger partial charge in [-0.15, -0.1) is 0 Å². The van der Waals surface area contributed by atoms with Crippen LogP contribution in [0, 0.1) is 0 Å². The van der Waals surface area contributed by atoms with Gasteiger partial charge in [0.05, 0.1) is 0 Å². The Morgan fingerprint density at radius 1 is 1.55 bits per heavy atom. The second-order valence-corrected chi connectivity index (χ2v) is 2.47. The average Bonchev–Trinajstić information content (AvgIpc) is 2.25. The molecule has 0 bridgehead atoms. The van der Waals surface area contributed by atoms with Crippen molar-refractivity contribution in [2.75, 3.05) is 0 Å². The standard InChI is InChI=1S/C9H8N2/c1-11-7-5-8-4-2-3-6-10-9(8)11/h2-5,7H,1H3. The van der Waals surface area contributed by atoms with Crippen LogP contribution in [0.3, 0.4) is 0 Å². The van der Waals surface area contributed by atoms with Crippen LogP contribution in [0.5, 0.6) is 0 Å². The molecule has 2 heterocycles. The summed E-state index contributed by atoms with van der Waals surface area (Å²) in [4.78, 5) is 4.14. The van der Waals surface area contributed by atoms with Gasteiger partial charge in [-0.2, -0.15) is 4.99 Å². The van der Waals surface area contributed by atoms with Crippen molar-refractivity contribution >= 4 is 17.8 Å². The number of aryl methyl sites for hydroxylation is 1. The molecule has 2 heteroatoms. The number of fused-ring (bicyclic) bond motifs is 1. The summed E-state index contributed by atoms with van der Waals surface area (Å²) in [6.07, 6.45) is 7.76. The van der Waals surface area contributed by atoms with Crippen molar-refractivity contribution in [2.24, 2.45) is 12.0 Å². The summed E-state index contributed by atoms with van der Waals surface area (Å²) in [5, 5.41) is 0. The molecule has 0 saturated carbocycles. The van der Waals surface area contributed by atoms with Gasteiger partial charge in [-0.1, -0.05) is 12.2 Å². The quantitative estimate of drug-likeness (QED) is 0.529. The summed E-state index contributed by atoms with van der Waals surface area (Å²) in [7, 11) is 1.98. The largest absolute Gasteiger partial charge is 0.335 e. The number of hydrogen-bond donors (Lipinski definition) is 0. The van der Waals surface area contributed by atoms with Crippen molar-refractivity contribution < 1.29 is 0 Å². The minimum absolute atomic E-state index is 0.968. The molecule has 0 N–H and O–H groups in total. The molecule has 0 aromatic carbocycles. The zero-order chi connectivity index (χ0) is 7.68. The molecule has 0 radical (unpaired) electrons. The summed E-state index contributed by atoms with van der Waals surface area (Å²) in [6.45, 7) is 0. The topological polar surface area (TPSA) is 17.3 Å². The maximum Gasteiger partial charge on any atom is 0.149 e. The van der Waals surface area contributed by atoms with Crippen molar-refractivity contribution in [2.45, 2.75) is 0 Å². The van der Waals surface area contributed by atoms with Gasteiger partial charge in [-0.25, -0.2) is 0 Å². The SMILES string of the molecule is Cn1ccc2c1N=C=CC=C2. The first-order chi connectivity index (χ1) is 5.38. The van der Waals surface area contributed by atoms with Crippen LogP contribution in [0.2, 0.25) is 0 Å². The molecule has 0 amide bonds. The predicted octanol–water partition coefficient (Wildman–Crippen LogP) is 1.91. The van der Waals surface area contributed by atoms with Gasteiger partial charge in [0.15, 0.2) is 0 Å². The number of nitrogens with zero attached hydrogens (tertiary/aromatic N) is 2. The van der Waals surface area contributed by atoms with Crippen LogP contribution < -0.4 is 0 Å². The fourth-order valence-corrected chi connectivity index (χ4v) is 1.11. The Morgan fingerprint density at radius 3 is 3.36 bits per heavy atom. The van der Waals surface area contributed by atoms with Gasteiger partial charge in [-0.3, -0.25) is 0 Å². The predicted molar refractivity (Wildman–Crippen MR) is 46.1 cm³/mol. The summed E-state index contributed by atoms with van der Waals surface area (Å²) in [5.41, 5.74) is 1.15. The summed E-state index contributed by atoms with van der Waals surface area (Å²) < 4.78 is 1.98. The van der Waals surface area contributed by atoms with E-state index in [9.17, 15) is 0 Å². The van der Waals surface area contributed by atoms with Crippen molar-refractivity contribution in [3.8, 4) is 0 Å². The molecule has 1 aromatic heterocycles. The molecule has 1 aromatic rings. The van der Waals surface area contributed by atoms with Crippen LogP contribution in [0.25, 0.3) is 6.08 Å². The molecular formula is C9H8N2. The fraction of sp³-hybridized carbons (Fsp3) is 0.111. The monoisotopic (exact) mass is 144 g/mol. The Bertz CT molecular complexity index is 363. The molecule has 0 fully saturated rings. The van der Waals surface area contributed by atoms with Crippen LogP contribution in [0.1, 0.15) is 5.56 Å². The number of aliphatic imine (C=N–C) groups is 1. The van der Waals surface area contributed by atoms with Crippen molar-refractivity contribution in [3.63, 3.8) is 0 Å². The minimum atomic E-state index is 0.968.